The summed E-state index contributed by atoms with van der Waals surface area (Å²) in [5.74, 6) is 0. The van der Waals surface area contributed by atoms with Gasteiger partial charge in [0.2, 0.25) is 0 Å². The number of hydrogen-bond acceptors (Lipinski definition) is 4. The van der Waals surface area contributed by atoms with Crippen molar-refractivity contribution in [2.24, 2.45) is 16.0 Å². The molecular formula is C5H10N4OS. The van der Waals surface area contributed by atoms with Gasteiger partial charge in [0.1, 0.15) is 0 Å². The molecule has 0 fully saturated rings. The van der Waals surface area contributed by atoms with Crippen molar-refractivity contribution in [3.63, 3.8) is 0 Å². The minimum atomic E-state index is 0.0788. The third-order valence-electron chi connectivity index (χ3n) is 1.01. The van der Waals surface area contributed by atoms with E-state index in [9.17, 15) is 0 Å². The van der Waals surface area contributed by atoms with Gasteiger partial charge >= 0.3 is 0 Å². The Labute approximate surface area is 70.0 Å². The van der Waals surface area contributed by atoms with Gasteiger partial charge in [0.15, 0.2) is 5.11 Å². The number of nitrogens with two attached hydrogens (primary N) is 1. The van der Waals surface area contributed by atoms with Gasteiger partial charge in [0, 0.05) is 0 Å². The molecule has 0 saturated heterocycles. The van der Waals surface area contributed by atoms with Crippen LogP contribution in [0.15, 0.2) is 10.3 Å². The molecule has 0 aromatic heterocycles. The molecule has 0 aromatic carbocycles. The topological polar surface area (TPSA) is 83.0 Å². The van der Waals surface area contributed by atoms with Crippen LogP contribution in [0.25, 0.3) is 0 Å². The number of nitrogens with zero attached hydrogens (tertiary/aromatic N) is 2. The second kappa shape index (κ2) is 4.62. The maximum Gasteiger partial charge on any atom is 0.184 e. The number of nitrogens with one attached hydrogen (secondary N) is 1. The predicted octanol–water partition coefficient (Wildman–Crippen LogP) is 0.0456. The predicted molar refractivity (Wildman–Crippen MR) is 47.9 cm³/mol. The van der Waals surface area contributed by atoms with Crippen LogP contribution in [0.4, 0.5) is 0 Å². The summed E-state index contributed by atoms with van der Waals surface area (Å²) in [4.78, 5) is 0. The van der Waals surface area contributed by atoms with E-state index in [1.54, 1.807) is 13.8 Å². The first kappa shape index (κ1) is 9.83. The molecule has 4 N–H and O–H groups in total. The van der Waals surface area contributed by atoms with E-state index in [4.69, 9.17) is 10.9 Å². The fourth-order valence-corrected chi connectivity index (χ4v) is 0.338. The number of hydrazone groups is 1. The molecule has 6 heteroatoms. The van der Waals surface area contributed by atoms with E-state index in [2.05, 4.69) is 27.9 Å². The first-order valence-electron chi connectivity index (χ1n) is 2.86. The Kier molecular flexibility index (Phi) is 4.12. The fourth-order valence-electron chi connectivity index (χ4n) is 0.292. The normalized spacial score (nSPS) is 12.9. The zero-order chi connectivity index (χ0) is 8.85. The third-order valence-corrected chi connectivity index (χ3v) is 1.10. The number of oxime groups is 1. The summed E-state index contributed by atoms with van der Waals surface area (Å²) in [7, 11) is 0. The second-order valence-corrected chi connectivity index (χ2v) is 2.30. The third kappa shape index (κ3) is 4.26. The monoisotopic (exact) mass is 174 g/mol. The Bertz CT molecular complexity index is 211. The summed E-state index contributed by atoms with van der Waals surface area (Å²) in [6.07, 6.45) is 0. The van der Waals surface area contributed by atoms with E-state index < -0.39 is 0 Å². The maximum atomic E-state index is 8.29. The van der Waals surface area contributed by atoms with Gasteiger partial charge < -0.3 is 10.9 Å². The molecule has 0 saturated carbocycles. The van der Waals surface area contributed by atoms with Gasteiger partial charge in [-0.15, -0.1) is 0 Å². The average Bonchev–Trinajstić information content (AvgIpc) is 1.98. The highest BCUT2D eigenvalue weighted by molar-refractivity contribution is 7.80. The minimum absolute atomic E-state index is 0.0788. The maximum absolute atomic E-state index is 8.29. The molecule has 0 atom stereocenters. The Balaban J connectivity index is 4.12. The Morgan fingerprint density at radius 3 is 2.36 bits per heavy atom. The quantitative estimate of drug-likeness (QED) is 0.239. The molecule has 0 aromatic rings. The van der Waals surface area contributed by atoms with Gasteiger partial charge in [-0.25, -0.2) is 0 Å². The van der Waals surface area contributed by atoms with Crippen molar-refractivity contribution in [1.29, 1.82) is 0 Å². The van der Waals surface area contributed by atoms with Crippen molar-refractivity contribution in [1.82, 2.24) is 5.43 Å². The molecule has 0 heterocycles. The molecule has 0 unspecified atom stereocenters. The van der Waals surface area contributed by atoms with E-state index in [0.29, 0.717) is 11.4 Å². The molecule has 0 radical (unpaired) electrons. The van der Waals surface area contributed by atoms with Crippen LogP contribution in [0.5, 0.6) is 0 Å². The molecule has 0 rings (SSSR count). The van der Waals surface area contributed by atoms with Gasteiger partial charge in [-0.05, 0) is 26.1 Å². The summed E-state index contributed by atoms with van der Waals surface area (Å²) < 4.78 is 0. The SMILES string of the molecule is CC(=N/NC(N)=S)/C(C)=N/O. The molecule has 0 aliphatic carbocycles. The second-order valence-electron chi connectivity index (χ2n) is 1.86. The number of rotatable bonds is 2. The molecule has 0 aliphatic rings. The molecule has 5 nitrogen and oxygen atoms in total. The van der Waals surface area contributed by atoms with Crippen molar-refractivity contribution in [3.8, 4) is 0 Å². The van der Waals surface area contributed by atoms with Crippen LogP contribution in [0.1, 0.15) is 13.8 Å². The summed E-state index contributed by atoms with van der Waals surface area (Å²) >= 11 is 4.49. The van der Waals surface area contributed by atoms with Crippen LogP contribution >= 0.6 is 12.2 Å². The van der Waals surface area contributed by atoms with Crippen molar-refractivity contribution in [3.05, 3.63) is 0 Å². The summed E-state index contributed by atoms with van der Waals surface area (Å²) in [6.45, 7) is 3.28. The zero-order valence-electron chi connectivity index (χ0n) is 6.33. The van der Waals surface area contributed by atoms with E-state index in [1.165, 1.54) is 0 Å². The molecule has 0 spiro atoms. The van der Waals surface area contributed by atoms with Crippen molar-refractivity contribution in [2.45, 2.75) is 13.8 Å². The van der Waals surface area contributed by atoms with E-state index in [0.717, 1.165) is 0 Å². The van der Waals surface area contributed by atoms with Crippen molar-refractivity contribution >= 4 is 28.8 Å². The highest BCUT2D eigenvalue weighted by Crippen LogP contribution is 1.80. The Morgan fingerprint density at radius 2 is 2.00 bits per heavy atom. The lowest BCUT2D eigenvalue weighted by Crippen LogP contribution is -2.26. The first-order valence-corrected chi connectivity index (χ1v) is 3.27. The molecule has 62 valence electrons. The van der Waals surface area contributed by atoms with Gasteiger partial charge in [-0.2, -0.15) is 5.10 Å². The summed E-state index contributed by atoms with van der Waals surface area (Å²) in [5.41, 5.74) is 8.40. The van der Waals surface area contributed by atoms with Crippen LogP contribution in [0.2, 0.25) is 0 Å². The molecule has 11 heavy (non-hydrogen) atoms. The smallest absolute Gasteiger partial charge is 0.184 e. The molecule has 0 amide bonds. The van der Waals surface area contributed by atoms with Crippen LogP contribution in [0, 0.1) is 0 Å². The lowest BCUT2D eigenvalue weighted by molar-refractivity contribution is 0.320. The summed E-state index contributed by atoms with van der Waals surface area (Å²) in [6, 6.07) is 0. The molecular weight excluding hydrogens is 164 g/mol. The van der Waals surface area contributed by atoms with E-state index in [-0.39, 0.29) is 5.11 Å². The lowest BCUT2D eigenvalue weighted by Gasteiger charge is -1.97. The van der Waals surface area contributed by atoms with Crippen LogP contribution in [0.3, 0.4) is 0 Å². The lowest BCUT2D eigenvalue weighted by atomic mass is 10.3. The van der Waals surface area contributed by atoms with E-state index in [1.807, 2.05) is 0 Å². The number of thiocarbonyl (C=S) groups is 1. The van der Waals surface area contributed by atoms with Gasteiger partial charge in [-0.1, -0.05) is 5.16 Å². The van der Waals surface area contributed by atoms with Gasteiger partial charge in [0.05, 0.1) is 11.4 Å². The van der Waals surface area contributed by atoms with Crippen molar-refractivity contribution in [2.75, 3.05) is 0 Å². The van der Waals surface area contributed by atoms with Gasteiger partial charge in [-0.3, -0.25) is 5.43 Å². The Hall–Kier alpha value is -1.17. The number of hydrogen-bond donors (Lipinski definition) is 3. The van der Waals surface area contributed by atoms with Crippen LogP contribution in [-0.4, -0.2) is 21.7 Å². The van der Waals surface area contributed by atoms with Crippen molar-refractivity contribution < 1.29 is 5.21 Å². The fraction of sp³-hybridized carbons (Fsp3) is 0.400. The molecule has 0 aliphatic heterocycles. The summed E-state index contributed by atoms with van der Waals surface area (Å²) in [5, 5.41) is 15.0. The standard InChI is InChI=1S/C5H10N4OS/c1-3(4(2)9-10)7-8-5(6)11/h10H,1-2H3,(H3,6,8,11)/b7-3-,9-4+. The highest BCUT2D eigenvalue weighted by atomic mass is 32.1. The van der Waals surface area contributed by atoms with Crippen LogP contribution < -0.4 is 11.2 Å². The zero-order valence-corrected chi connectivity index (χ0v) is 7.14. The average molecular weight is 174 g/mol. The molecule has 0 bridgehead atoms. The van der Waals surface area contributed by atoms with Crippen LogP contribution in [-0.2, 0) is 0 Å². The van der Waals surface area contributed by atoms with Gasteiger partial charge in [0.25, 0.3) is 0 Å². The minimum Gasteiger partial charge on any atom is -0.411 e. The first-order chi connectivity index (χ1) is 5.07. The Morgan fingerprint density at radius 1 is 1.45 bits per heavy atom. The van der Waals surface area contributed by atoms with E-state index >= 15 is 0 Å². The highest BCUT2D eigenvalue weighted by Gasteiger charge is 1.95. The largest absolute Gasteiger partial charge is 0.411 e.